The predicted molar refractivity (Wildman–Crippen MR) is 90.8 cm³/mol. The van der Waals surface area contributed by atoms with Crippen LogP contribution in [0.4, 0.5) is 0 Å². The van der Waals surface area contributed by atoms with Crippen molar-refractivity contribution in [1.29, 1.82) is 0 Å². The van der Waals surface area contributed by atoms with Crippen LogP contribution in [0, 0.1) is 0 Å². The first kappa shape index (κ1) is 17.3. The lowest BCUT2D eigenvalue weighted by atomic mass is 10.2. The Morgan fingerprint density at radius 2 is 1.95 bits per heavy atom. The second-order valence-electron chi connectivity index (χ2n) is 4.67. The maximum absolute atomic E-state index is 12.6. The van der Waals surface area contributed by atoms with E-state index in [0.717, 1.165) is 0 Å². The number of benzene rings is 2. The van der Waals surface area contributed by atoms with Crippen LogP contribution in [-0.4, -0.2) is 26.9 Å². The molecule has 0 spiro atoms. The van der Waals surface area contributed by atoms with Crippen LogP contribution in [0.2, 0.25) is 5.02 Å². The number of hydrogen-bond donors (Lipinski definition) is 0. The molecule has 0 fully saturated rings. The SMILES string of the molecule is COc1ccc(Cl)cc1CN(C)S(=O)(=O)c1cccc(Br)c1. The van der Waals surface area contributed by atoms with Crippen LogP contribution in [0.25, 0.3) is 0 Å². The summed E-state index contributed by atoms with van der Waals surface area (Å²) in [5.74, 6) is 0.598. The topological polar surface area (TPSA) is 46.6 Å². The number of ether oxygens (including phenoxy) is 1. The quantitative estimate of drug-likeness (QED) is 0.758. The first-order chi connectivity index (χ1) is 10.3. The monoisotopic (exact) mass is 403 g/mol. The molecule has 7 heteroatoms. The largest absolute Gasteiger partial charge is 0.496 e. The van der Waals surface area contributed by atoms with Gasteiger partial charge in [-0.1, -0.05) is 33.6 Å². The van der Waals surface area contributed by atoms with Crippen molar-refractivity contribution in [2.45, 2.75) is 11.4 Å². The lowest BCUT2D eigenvalue weighted by molar-refractivity contribution is 0.398. The van der Waals surface area contributed by atoms with Gasteiger partial charge in [0.25, 0.3) is 0 Å². The summed E-state index contributed by atoms with van der Waals surface area (Å²) in [6.07, 6.45) is 0. The van der Waals surface area contributed by atoms with Gasteiger partial charge in [-0.05, 0) is 36.4 Å². The summed E-state index contributed by atoms with van der Waals surface area (Å²) in [7, 11) is -0.531. The first-order valence-corrected chi connectivity index (χ1v) is 9.00. The molecule has 0 saturated carbocycles. The summed E-state index contributed by atoms with van der Waals surface area (Å²) < 4.78 is 32.4. The van der Waals surface area contributed by atoms with Gasteiger partial charge >= 0.3 is 0 Å². The Morgan fingerprint density at radius 3 is 2.59 bits per heavy atom. The highest BCUT2D eigenvalue weighted by Gasteiger charge is 2.22. The third kappa shape index (κ3) is 3.81. The molecule has 2 aromatic carbocycles. The molecule has 0 unspecified atom stereocenters. The lowest BCUT2D eigenvalue weighted by Gasteiger charge is -2.19. The van der Waals surface area contributed by atoms with Gasteiger partial charge < -0.3 is 4.74 Å². The molecular formula is C15H15BrClNO3S. The zero-order valence-corrected chi connectivity index (χ0v) is 15.2. The van der Waals surface area contributed by atoms with Crippen LogP contribution < -0.4 is 4.74 Å². The number of halogens is 2. The van der Waals surface area contributed by atoms with E-state index in [1.807, 2.05) is 0 Å². The van der Waals surface area contributed by atoms with Crippen molar-refractivity contribution >= 4 is 37.6 Å². The summed E-state index contributed by atoms with van der Waals surface area (Å²) in [4.78, 5) is 0.227. The van der Waals surface area contributed by atoms with Crippen molar-refractivity contribution in [3.05, 3.63) is 57.5 Å². The average Bonchev–Trinajstić information content (AvgIpc) is 2.47. The van der Waals surface area contributed by atoms with Crippen molar-refractivity contribution in [1.82, 2.24) is 4.31 Å². The van der Waals surface area contributed by atoms with Crippen molar-refractivity contribution in [2.24, 2.45) is 0 Å². The van der Waals surface area contributed by atoms with Gasteiger partial charge in [0.15, 0.2) is 0 Å². The molecule has 0 saturated heterocycles. The number of sulfonamides is 1. The molecule has 2 aromatic rings. The van der Waals surface area contributed by atoms with E-state index in [4.69, 9.17) is 16.3 Å². The van der Waals surface area contributed by atoms with Crippen molar-refractivity contribution < 1.29 is 13.2 Å². The Morgan fingerprint density at radius 1 is 1.23 bits per heavy atom. The van der Waals surface area contributed by atoms with Crippen LogP contribution in [0.1, 0.15) is 5.56 Å². The Labute approximate surface area is 143 Å². The minimum atomic E-state index is -3.59. The number of nitrogens with zero attached hydrogens (tertiary/aromatic N) is 1. The summed E-state index contributed by atoms with van der Waals surface area (Å²) >= 11 is 9.26. The smallest absolute Gasteiger partial charge is 0.243 e. The van der Waals surface area contributed by atoms with Crippen LogP contribution in [0.3, 0.4) is 0 Å². The minimum absolute atomic E-state index is 0.165. The van der Waals surface area contributed by atoms with E-state index >= 15 is 0 Å². The molecule has 22 heavy (non-hydrogen) atoms. The molecule has 0 aliphatic carbocycles. The Kier molecular flexibility index (Phi) is 5.50. The zero-order valence-electron chi connectivity index (χ0n) is 12.1. The standard InChI is InChI=1S/C15H15BrClNO3S/c1-18(10-11-8-13(17)6-7-15(11)21-2)22(19,20)14-5-3-4-12(16)9-14/h3-9H,10H2,1-2H3. The normalized spacial score (nSPS) is 11.7. The highest BCUT2D eigenvalue weighted by Crippen LogP contribution is 2.26. The minimum Gasteiger partial charge on any atom is -0.496 e. The van der Waals surface area contributed by atoms with E-state index in [0.29, 0.717) is 20.8 Å². The average molecular weight is 405 g/mol. The number of methoxy groups -OCH3 is 1. The van der Waals surface area contributed by atoms with Crippen molar-refractivity contribution in [2.75, 3.05) is 14.2 Å². The molecule has 0 aliphatic rings. The molecule has 0 N–H and O–H groups in total. The number of rotatable bonds is 5. The Hall–Kier alpha value is -1.08. The molecule has 0 aliphatic heterocycles. The predicted octanol–water partition coefficient (Wildman–Crippen LogP) is 3.93. The van der Waals surface area contributed by atoms with Gasteiger partial charge in [-0.15, -0.1) is 0 Å². The molecule has 0 amide bonds. The van der Waals surface area contributed by atoms with Gasteiger partial charge in [0, 0.05) is 28.7 Å². The van der Waals surface area contributed by atoms with E-state index in [-0.39, 0.29) is 11.4 Å². The maximum Gasteiger partial charge on any atom is 0.243 e. The summed E-state index contributed by atoms with van der Waals surface area (Å²) in [5.41, 5.74) is 0.705. The number of hydrogen-bond acceptors (Lipinski definition) is 3. The van der Waals surface area contributed by atoms with Gasteiger partial charge in [-0.25, -0.2) is 8.42 Å². The molecule has 0 radical (unpaired) electrons. The van der Waals surface area contributed by atoms with E-state index in [1.54, 1.807) is 42.5 Å². The van der Waals surface area contributed by atoms with Crippen molar-refractivity contribution in [3.8, 4) is 5.75 Å². The molecular weight excluding hydrogens is 390 g/mol. The fraction of sp³-hybridized carbons (Fsp3) is 0.200. The first-order valence-electron chi connectivity index (χ1n) is 6.39. The van der Waals surface area contributed by atoms with Crippen LogP contribution in [0.5, 0.6) is 5.75 Å². The third-order valence-electron chi connectivity index (χ3n) is 3.14. The van der Waals surface area contributed by atoms with E-state index in [2.05, 4.69) is 15.9 Å². The van der Waals surface area contributed by atoms with Crippen molar-refractivity contribution in [3.63, 3.8) is 0 Å². The highest BCUT2D eigenvalue weighted by atomic mass is 79.9. The fourth-order valence-electron chi connectivity index (χ4n) is 2.00. The summed E-state index contributed by atoms with van der Waals surface area (Å²) in [6, 6.07) is 11.7. The van der Waals surface area contributed by atoms with Gasteiger partial charge in [0.05, 0.1) is 12.0 Å². The lowest BCUT2D eigenvalue weighted by Crippen LogP contribution is -2.26. The second kappa shape index (κ2) is 7.00. The van der Waals surface area contributed by atoms with Crippen LogP contribution in [0.15, 0.2) is 51.8 Å². The Bertz CT molecular complexity index is 780. The maximum atomic E-state index is 12.6. The second-order valence-corrected chi connectivity index (χ2v) is 8.07. The van der Waals surface area contributed by atoms with Gasteiger partial charge in [-0.2, -0.15) is 4.31 Å². The summed E-state index contributed by atoms with van der Waals surface area (Å²) in [5, 5.41) is 0.532. The van der Waals surface area contributed by atoms with Crippen LogP contribution in [-0.2, 0) is 16.6 Å². The van der Waals surface area contributed by atoms with Gasteiger partial charge in [0.1, 0.15) is 5.75 Å². The van der Waals surface area contributed by atoms with E-state index < -0.39 is 10.0 Å². The molecule has 0 atom stereocenters. The van der Waals surface area contributed by atoms with Gasteiger partial charge in [-0.3, -0.25) is 0 Å². The van der Waals surface area contributed by atoms with E-state index in [9.17, 15) is 8.42 Å². The van der Waals surface area contributed by atoms with E-state index in [1.165, 1.54) is 18.5 Å². The molecule has 118 valence electrons. The Balaban J connectivity index is 2.32. The molecule has 4 nitrogen and oxygen atoms in total. The fourth-order valence-corrected chi connectivity index (χ4v) is 3.94. The zero-order chi connectivity index (χ0) is 16.3. The molecule has 0 aromatic heterocycles. The third-order valence-corrected chi connectivity index (χ3v) is 5.67. The van der Waals surface area contributed by atoms with Crippen LogP contribution >= 0.6 is 27.5 Å². The molecule has 0 heterocycles. The van der Waals surface area contributed by atoms with Gasteiger partial charge in [0.2, 0.25) is 10.0 Å². The summed E-state index contributed by atoms with van der Waals surface area (Å²) in [6.45, 7) is 0.165. The highest BCUT2D eigenvalue weighted by molar-refractivity contribution is 9.10. The molecule has 2 rings (SSSR count). The molecule has 0 bridgehead atoms.